The van der Waals surface area contributed by atoms with E-state index in [-0.39, 0.29) is 0 Å². The number of aldehydes is 1. The Morgan fingerprint density at radius 2 is 1.95 bits per heavy atom. The fraction of sp³-hybridized carbons (Fsp3) is 0.316. The molecular weight excluding hydrogens is 244 g/mol. The normalized spacial score (nSPS) is 32.6. The zero-order chi connectivity index (χ0) is 13.3. The minimum atomic E-state index is 0.728. The molecule has 2 aromatic rings. The fourth-order valence-corrected chi connectivity index (χ4v) is 4.95. The standard InChI is InChI=1S/C19H16O/c20-10-11-1-6-16-12(7-11)2-5-15-9-17-13-3-4-14(8-13)19(17)18(15)16/h1-7,10,13-14,17,19H,8-9H2. The lowest BCUT2D eigenvalue weighted by molar-refractivity contribution is 0.112. The van der Waals surface area contributed by atoms with Gasteiger partial charge in [-0.1, -0.05) is 36.4 Å². The third-order valence-corrected chi connectivity index (χ3v) is 5.72. The van der Waals surface area contributed by atoms with Crippen LogP contribution in [-0.2, 0) is 6.42 Å². The van der Waals surface area contributed by atoms with E-state index in [0.29, 0.717) is 0 Å². The van der Waals surface area contributed by atoms with Crippen molar-refractivity contribution in [1.29, 1.82) is 0 Å². The molecule has 1 saturated carbocycles. The predicted molar refractivity (Wildman–Crippen MR) is 80.0 cm³/mol. The quantitative estimate of drug-likeness (QED) is 0.557. The van der Waals surface area contributed by atoms with Crippen LogP contribution in [0, 0.1) is 17.8 Å². The summed E-state index contributed by atoms with van der Waals surface area (Å²) in [5.74, 6) is 3.12. The molecule has 2 bridgehead atoms. The molecule has 0 N–H and O–H groups in total. The van der Waals surface area contributed by atoms with Crippen molar-refractivity contribution in [3.05, 3.63) is 59.2 Å². The predicted octanol–water partition coefficient (Wildman–Crippen LogP) is 4.11. The van der Waals surface area contributed by atoms with Crippen molar-refractivity contribution in [1.82, 2.24) is 0 Å². The fourth-order valence-electron chi connectivity index (χ4n) is 4.95. The Hall–Kier alpha value is -1.89. The van der Waals surface area contributed by atoms with Crippen LogP contribution in [0.15, 0.2) is 42.5 Å². The van der Waals surface area contributed by atoms with E-state index in [1.807, 2.05) is 12.1 Å². The highest BCUT2D eigenvalue weighted by Crippen LogP contribution is 2.59. The molecule has 0 aromatic heterocycles. The average molecular weight is 260 g/mol. The van der Waals surface area contributed by atoms with Crippen molar-refractivity contribution in [2.24, 2.45) is 17.8 Å². The van der Waals surface area contributed by atoms with Gasteiger partial charge in [0.05, 0.1) is 0 Å². The molecule has 1 heteroatoms. The molecule has 1 fully saturated rings. The molecule has 0 spiro atoms. The van der Waals surface area contributed by atoms with Gasteiger partial charge in [-0.2, -0.15) is 0 Å². The molecule has 0 amide bonds. The Bertz CT molecular complexity index is 771. The van der Waals surface area contributed by atoms with Gasteiger partial charge >= 0.3 is 0 Å². The monoisotopic (exact) mass is 260 g/mol. The topological polar surface area (TPSA) is 17.1 Å². The summed E-state index contributed by atoms with van der Waals surface area (Å²) in [4.78, 5) is 11.0. The first kappa shape index (κ1) is 10.8. The number of benzene rings is 2. The largest absolute Gasteiger partial charge is 0.298 e. The van der Waals surface area contributed by atoms with Gasteiger partial charge in [-0.05, 0) is 64.5 Å². The molecular formula is C19H16O. The van der Waals surface area contributed by atoms with Crippen LogP contribution in [-0.4, -0.2) is 6.29 Å². The van der Waals surface area contributed by atoms with Gasteiger partial charge < -0.3 is 0 Å². The Kier molecular flexibility index (Phi) is 1.95. The minimum Gasteiger partial charge on any atom is -0.298 e. The molecule has 1 nitrogen and oxygen atoms in total. The molecule has 4 atom stereocenters. The van der Waals surface area contributed by atoms with Crippen molar-refractivity contribution >= 4 is 17.1 Å². The van der Waals surface area contributed by atoms with Gasteiger partial charge in [0.2, 0.25) is 0 Å². The third kappa shape index (κ3) is 1.21. The Morgan fingerprint density at radius 1 is 1.05 bits per heavy atom. The number of hydrogen-bond acceptors (Lipinski definition) is 1. The summed E-state index contributed by atoms with van der Waals surface area (Å²) in [6.07, 6.45) is 8.44. The lowest BCUT2D eigenvalue weighted by Crippen LogP contribution is -2.12. The van der Waals surface area contributed by atoms with E-state index in [1.54, 1.807) is 11.1 Å². The van der Waals surface area contributed by atoms with Crippen molar-refractivity contribution in [2.45, 2.75) is 18.8 Å². The van der Waals surface area contributed by atoms with E-state index in [0.717, 1.165) is 35.5 Å². The van der Waals surface area contributed by atoms with E-state index in [2.05, 4.69) is 30.4 Å². The lowest BCUT2D eigenvalue weighted by Gasteiger charge is -2.22. The van der Waals surface area contributed by atoms with Crippen LogP contribution in [0.1, 0.15) is 33.8 Å². The zero-order valence-corrected chi connectivity index (χ0v) is 11.3. The SMILES string of the molecule is O=Cc1ccc2c3c(ccc2c1)CC1C2C=CC(C2)C31. The van der Waals surface area contributed by atoms with Gasteiger partial charge in [-0.25, -0.2) is 0 Å². The van der Waals surface area contributed by atoms with Gasteiger partial charge in [0.1, 0.15) is 6.29 Å². The second kappa shape index (κ2) is 3.60. The molecule has 0 radical (unpaired) electrons. The highest BCUT2D eigenvalue weighted by Gasteiger charge is 2.49. The molecule has 20 heavy (non-hydrogen) atoms. The maximum atomic E-state index is 11.0. The van der Waals surface area contributed by atoms with Gasteiger partial charge in [0, 0.05) is 5.56 Å². The Morgan fingerprint density at radius 3 is 2.85 bits per heavy atom. The second-order valence-corrected chi connectivity index (χ2v) is 6.58. The Labute approximate surface area is 118 Å². The van der Waals surface area contributed by atoms with E-state index in [1.165, 1.54) is 23.6 Å². The van der Waals surface area contributed by atoms with E-state index >= 15 is 0 Å². The molecule has 0 heterocycles. The molecule has 98 valence electrons. The third-order valence-electron chi connectivity index (χ3n) is 5.72. The van der Waals surface area contributed by atoms with Crippen molar-refractivity contribution in [2.75, 3.05) is 0 Å². The smallest absolute Gasteiger partial charge is 0.150 e. The first-order valence-corrected chi connectivity index (χ1v) is 7.54. The molecule has 0 saturated heterocycles. The van der Waals surface area contributed by atoms with Gasteiger partial charge in [-0.3, -0.25) is 4.79 Å². The van der Waals surface area contributed by atoms with Crippen LogP contribution in [0.4, 0.5) is 0 Å². The van der Waals surface area contributed by atoms with Crippen LogP contribution in [0.3, 0.4) is 0 Å². The highest BCUT2D eigenvalue weighted by atomic mass is 16.1. The minimum absolute atomic E-state index is 0.728. The zero-order valence-electron chi connectivity index (χ0n) is 11.3. The van der Waals surface area contributed by atoms with Crippen molar-refractivity contribution in [3.63, 3.8) is 0 Å². The van der Waals surface area contributed by atoms with E-state index in [9.17, 15) is 4.79 Å². The van der Waals surface area contributed by atoms with Crippen LogP contribution in [0.5, 0.6) is 0 Å². The molecule has 3 aliphatic carbocycles. The van der Waals surface area contributed by atoms with Crippen LogP contribution in [0.25, 0.3) is 10.8 Å². The van der Waals surface area contributed by atoms with Gasteiger partial charge in [0.25, 0.3) is 0 Å². The number of carbonyl (C=O) groups excluding carboxylic acids is 1. The maximum Gasteiger partial charge on any atom is 0.150 e. The van der Waals surface area contributed by atoms with Crippen LogP contribution >= 0.6 is 0 Å². The average Bonchev–Trinajstić information content (AvgIpc) is 3.17. The summed E-state index contributed by atoms with van der Waals surface area (Å²) in [6.45, 7) is 0. The summed E-state index contributed by atoms with van der Waals surface area (Å²) >= 11 is 0. The lowest BCUT2D eigenvalue weighted by atomic mass is 9.82. The maximum absolute atomic E-state index is 11.0. The summed E-state index contributed by atoms with van der Waals surface area (Å²) in [7, 11) is 0. The van der Waals surface area contributed by atoms with Crippen molar-refractivity contribution < 1.29 is 4.79 Å². The van der Waals surface area contributed by atoms with Crippen molar-refractivity contribution in [3.8, 4) is 0 Å². The second-order valence-electron chi connectivity index (χ2n) is 6.58. The van der Waals surface area contributed by atoms with Crippen LogP contribution < -0.4 is 0 Å². The number of fused-ring (bicyclic) bond motifs is 9. The number of hydrogen-bond donors (Lipinski definition) is 0. The van der Waals surface area contributed by atoms with Crippen LogP contribution in [0.2, 0.25) is 0 Å². The molecule has 5 rings (SSSR count). The Balaban J connectivity index is 1.77. The van der Waals surface area contributed by atoms with E-state index in [4.69, 9.17) is 0 Å². The van der Waals surface area contributed by atoms with Gasteiger partial charge in [-0.15, -0.1) is 0 Å². The van der Waals surface area contributed by atoms with Gasteiger partial charge in [0.15, 0.2) is 0 Å². The molecule has 2 aromatic carbocycles. The number of rotatable bonds is 1. The first-order valence-electron chi connectivity index (χ1n) is 7.54. The number of carbonyl (C=O) groups is 1. The summed E-state index contributed by atoms with van der Waals surface area (Å²) in [5, 5.41) is 2.60. The molecule has 3 aliphatic rings. The number of allylic oxidation sites excluding steroid dienone is 2. The molecule has 4 unspecified atom stereocenters. The molecule has 0 aliphatic heterocycles. The first-order chi connectivity index (χ1) is 9.85. The summed E-state index contributed by atoms with van der Waals surface area (Å²) in [5.41, 5.74) is 3.91. The summed E-state index contributed by atoms with van der Waals surface area (Å²) < 4.78 is 0. The van der Waals surface area contributed by atoms with E-state index < -0.39 is 0 Å². The highest BCUT2D eigenvalue weighted by molar-refractivity contribution is 5.92. The summed E-state index contributed by atoms with van der Waals surface area (Å²) in [6, 6.07) is 10.6.